The molecule has 6 atom stereocenters. The molecule has 2 rings (SSSR count). The normalized spacial score (nSPS) is 30.7. The van der Waals surface area contributed by atoms with Gasteiger partial charge in [0.05, 0.1) is 12.7 Å². The molecule has 0 radical (unpaired) electrons. The Morgan fingerprint density at radius 2 is 1.76 bits per heavy atom. The summed E-state index contributed by atoms with van der Waals surface area (Å²) in [4.78, 5) is 15.6. The van der Waals surface area contributed by atoms with Gasteiger partial charge in [-0.1, -0.05) is 30.3 Å². The van der Waals surface area contributed by atoms with Gasteiger partial charge in [0, 0.05) is 6.42 Å². The number of carbonyl (C=O) groups is 1. The van der Waals surface area contributed by atoms with Gasteiger partial charge in [-0.05, 0) is 24.3 Å². The van der Waals surface area contributed by atoms with Gasteiger partial charge >= 0.3 is 5.97 Å². The number of carbonyl (C=O) groups excluding carboxylic acids is 1. The third-order valence-electron chi connectivity index (χ3n) is 4.61. The van der Waals surface area contributed by atoms with Gasteiger partial charge in [-0.15, -0.1) is 0 Å². The second-order valence-electron chi connectivity index (χ2n) is 6.24. The summed E-state index contributed by atoms with van der Waals surface area (Å²) in [5, 5.41) is 39.3. The van der Waals surface area contributed by atoms with Crippen molar-refractivity contribution in [1.29, 1.82) is 0 Å². The van der Waals surface area contributed by atoms with Crippen LogP contribution >= 0.6 is 0 Å². The number of ether oxygens (including phenoxy) is 1. The molecule has 1 fully saturated rings. The summed E-state index contributed by atoms with van der Waals surface area (Å²) in [5.41, 5.74) is 0.935. The van der Waals surface area contributed by atoms with E-state index in [0.29, 0.717) is 12.8 Å². The maximum Gasteiger partial charge on any atom is 0.324 e. The summed E-state index contributed by atoms with van der Waals surface area (Å²) >= 11 is 0. The quantitative estimate of drug-likeness (QED) is 0.400. The van der Waals surface area contributed by atoms with Crippen LogP contribution in [0.2, 0.25) is 0 Å². The van der Waals surface area contributed by atoms with Crippen molar-refractivity contribution in [2.24, 2.45) is 5.90 Å². The van der Waals surface area contributed by atoms with Crippen LogP contribution < -0.4 is 5.90 Å². The zero-order valence-electron chi connectivity index (χ0n) is 13.8. The summed E-state index contributed by atoms with van der Waals surface area (Å²) in [6.07, 6.45) is -5.06. The molecule has 6 N–H and O–H groups in total. The predicted octanol–water partition coefficient (Wildman–Crippen LogP) is -0.800. The minimum atomic E-state index is -1.42. The van der Waals surface area contributed by atoms with Crippen molar-refractivity contribution in [3.05, 3.63) is 35.9 Å². The Balaban J connectivity index is 2.13. The molecule has 0 spiro atoms. The summed E-state index contributed by atoms with van der Waals surface area (Å²) in [5.74, 6) is 4.16. The average Bonchev–Trinajstić information content (AvgIpc) is 2.65. The van der Waals surface area contributed by atoms with E-state index in [1.807, 2.05) is 30.3 Å². The molecule has 1 aliphatic rings. The predicted molar refractivity (Wildman–Crippen MR) is 87.1 cm³/mol. The average molecular weight is 355 g/mol. The first-order valence-electron chi connectivity index (χ1n) is 8.23. The second-order valence-corrected chi connectivity index (χ2v) is 6.24. The number of hydrogen-bond acceptors (Lipinski definition) is 8. The SMILES string of the molecule is NOC(=O)CCC(C[C@@H]1O[C@H](CO)[C@@H](O)[C@H](O)[C@H]1O)c1ccccc1. The first-order chi connectivity index (χ1) is 12.0. The molecule has 1 unspecified atom stereocenters. The van der Waals surface area contributed by atoms with Crippen LogP contribution in [0.5, 0.6) is 0 Å². The van der Waals surface area contributed by atoms with E-state index in [4.69, 9.17) is 10.6 Å². The highest BCUT2D eigenvalue weighted by Crippen LogP contribution is 2.32. The molecule has 0 aromatic heterocycles. The van der Waals surface area contributed by atoms with Crippen LogP contribution in [-0.2, 0) is 14.4 Å². The van der Waals surface area contributed by atoms with Crippen molar-refractivity contribution >= 4 is 5.97 Å². The molecule has 140 valence electrons. The highest BCUT2D eigenvalue weighted by Gasteiger charge is 2.43. The number of hydrogen-bond donors (Lipinski definition) is 5. The van der Waals surface area contributed by atoms with Gasteiger partial charge in [0.1, 0.15) is 24.4 Å². The van der Waals surface area contributed by atoms with E-state index in [1.165, 1.54) is 0 Å². The number of nitrogens with two attached hydrogens (primary N) is 1. The Morgan fingerprint density at radius 3 is 2.36 bits per heavy atom. The fourth-order valence-corrected chi connectivity index (χ4v) is 3.15. The Bertz CT molecular complexity index is 539. The molecular weight excluding hydrogens is 330 g/mol. The lowest BCUT2D eigenvalue weighted by atomic mass is 9.84. The molecule has 0 bridgehead atoms. The van der Waals surface area contributed by atoms with Gasteiger partial charge in [0.2, 0.25) is 0 Å². The number of rotatable bonds is 7. The van der Waals surface area contributed by atoms with Crippen LogP contribution in [0.4, 0.5) is 0 Å². The molecule has 1 aromatic rings. The topological polar surface area (TPSA) is 142 Å². The van der Waals surface area contributed by atoms with E-state index in [1.54, 1.807) is 0 Å². The molecular formula is C17H25NO7. The van der Waals surface area contributed by atoms with E-state index in [0.717, 1.165) is 5.56 Å². The van der Waals surface area contributed by atoms with E-state index < -0.39 is 43.1 Å². The van der Waals surface area contributed by atoms with Gasteiger partial charge in [-0.3, -0.25) is 4.79 Å². The van der Waals surface area contributed by atoms with E-state index in [2.05, 4.69) is 4.84 Å². The molecule has 1 aliphatic heterocycles. The standard InChI is InChI=1S/C17H25NO7/c18-25-14(20)7-6-11(10-4-2-1-3-5-10)8-12-15(21)17(23)16(22)13(9-19)24-12/h1-5,11-13,15-17,19,21-23H,6-9,18H2/t11?,12-,13+,15-,16+,17+/m0/s1. The van der Waals surface area contributed by atoms with E-state index in [9.17, 15) is 25.2 Å². The lowest BCUT2D eigenvalue weighted by Gasteiger charge is -2.41. The molecule has 1 aromatic carbocycles. The van der Waals surface area contributed by atoms with Crippen LogP contribution in [0.15, 0.2) is 30.3 Å². The van der Waals surface area contributed by atoms with Crippen LogP contribution in [0, 0.1) is 0 Å². The maximum absolute atomic E-state index is 11.4. The Kier molecular flexibility index (Phi) is 7.30. The molecule has 1 heterocycles. The van der Waals surface area contributed by atoms with Crippen LogP contribution in [-0.4, -0.2) is 63.5 Å². The van der Waals surface area contributed by atoms with Gasteiger partial charge in [0.15, 0.2) is 0 Å². The number of benzene rings is 1. The van der Waals surface area contributed by atoms with Crippen LogP contribution in [0.3, 0.4) is 0 Å². The van der Waals surface area contributed by atoms with Crippen LogP contribution in [0.25, 0.3) is 0 Å². The molecule has 25 heavy (non-hydrogen) atoms. The highest BCUT2D eigenvalue weighted by atomic mass is 16.7. The van der Waals surface area contributed by atoms with Crippen molar-refractivity contribution in [1.82, 2.24) is 0 Å². The smallest absolute Gasteiger partial charge is 0.324 e. The third kappa shape index (κ3) is 4.97. The maximum atomic E-state index is 11.4. The Labute approximate surface area is 145 Å². The fourth-order valence-electron chi connectivity index (χ4n) is 3.15. The van der Waals surface area contributed by atoms with Crippen molar-refractivity contribution < 1.29 is 34.8 Å². The highest BCUT2D eigenvalue weighted by molar-refractivity contribution is 5.68. The van der Waals surface area contributed by atoms with Crippen LogP contribution in [0.1, 0.15) is 30.7 Å². The van der Waals surface area contributed by atoms with Gasteiger partial charge in [-0.2, -0.15) is 5.90 Å². The van der Waals surface area contributed by atoms with Gasteiger partial charge in [0.25, 0.3) is 0 Å². The zero-order chi connectivity index (χ0) is 18.4. The Hall–Kier alpha value is -1.55. The molecule has 0 saturated carbocycles. The molecule has 0 amide bonds. The molecule has 8 heteroatoms. The summed E-state index contributed by atoms with van der Waals surface area (Å²) in [7, 11) is 0. The van der Waals surface area contributed by atoms with E-state index in [-0.39, 0.29) is 12.3 Å². The van der Waals surface area contributed by atoms with Crippen molar-refractivity contribution in [3.8, 4) is 0 Å². The zero-order valence-corrected chi connectivity index (χ0v) is 13.8. The minimum Gasteiger partial charge on any atom is -0.394 e. The molecule has 8 nitrogen and oxygen atoms in total. The summed E-state index contributed by atoms with van der Waals surface area (Å²) in [6.45, 7) is -0.475. The first-order valence-corrected chi connectivity index (χ1v) is 8.23. The number of aliphatic hydroxyl groups is 4. The largest absolute Gasteiger partial charge is 0.394 e. The van der Waals surface area contributed by atoms with Crippen molar-refractivity contribution in [3.63, 3.8) is 0 Å². The monoisotopic (exact) mass is 355 g/mol. The minimum absolute atomic E-state index is 0.0908. The first kappa shape index (κ1) is 19.8. The lowest BCUT2D eigenvalue weighted by molar-refractivity contribution is -0.231. The molecule has 0 aliphatic carbocycles. The summed E-state index contributed by atoms with van der Waals surface area (Å²) < 4.78 is 5.56. The van der Waals surface area contributed by atoms with Gasteiger partial charge in [-0.25, -0.2) is 0 Å². The summed E-state index contributed by atoms with van der Waals surface area (Å²) in [6, 6.07) is 9.36. The lowest BCUT2D eigenvalue weighted by Crippen LogP contribution is -2.58. The third-order valence-corrected chi connectivity index (χ3v) is 4.61. The number of aliphatic hydroxyl groups excluding tert-OH is 4. The van der Waals surface area contributed by atoms with Gasteiger partial charge < -0.3 is 30.0 Å². The molecule has 1 saturated heterocycles. The van der Waals surface area contributed by atoms with Crippen molar-refractivity contribution in [2.45, 2.75) is 55.7 Å². The Morgan fingerprint density at radius 1 is 1.12 bits per heavy atom. The van der Waals surface area contributed by atoms with Crippen molar-refractivity contribution in [2.75, 3.05) is 6.61 Å². The fraction of sp³-hybridized carbons (Fsp3) is 0.588. The van der Waals surface area contributed by atoms with E-state index >= 15 is 0 Å². The second kappa shape index (κ2) is 9.23.